The monoisotopic (exact) mass is 242 g/mol. The van der Waals surface area contributed by atoms with Crippen molar-refractivity contribution >= 4 is 17.7 Å². The Morgan fingerprint density at radius 2 is 2.12 bits per heavy atom. The molecule has 0 aliphatic rings. The molecule has 0 rings (SSSR count). The summed E-state index contributed by atoms with van der Waals surface area (Å²) in [5.74, 6) is -2.21. The summed E-state index contributed by atoms with van der Waals surface area (Å²) in [6.45, 7) is 4.94. The van der Waals surface area contributed by atoms with Crippen LogP contribution in [0.3, 0.4) is 0 Å². The summed E-state index contributed by atoms with van der Waals surface area (Å²) in [5, 5.41) is 2.15. The van der Waals surface area contributed by atoms with E-state index in [4.69, 9.17) is 5.73 Å². The smallest absolute Gasteiger partial charge is 0.325 e. The number of amides is 1. The van der Waals surface area contributed by atoms with Crippen molar-refractivity contribution in [3.8, 4) is 0 Å². The lowest BCUT2D eigenvalue weighted by Crippen LogP contribution is -2.44. The van der Waals surface area contributed by atoms with Crippen molar-refractivity contribution in [2.45, 2.75) is 25.8 Å². The van der Waals surface area contributed by atoms with Crippen LogP contribution in [0.15, 0.2) is 12.7 Å². The minimum atomic E-state index is -0.860. The number of ketones is 1. The molecule has 0 radical (unpaired) electrons. The van der Waals surface area contributed by atoms with Crippen LogP contribution in [-0.2, 0) is 19.1 Å². The minimum Gasteiger partial charge on any atom is -0.460 e. The second-order valence-corrected chi connectivity index (χ2v) is 3.41. The van der Waals surface area contributed by atoms with Gasteiger partial charge in [0.15, 0.2) is 0 Å². The molecule has 6 nitrogen and oxygen atoms in total. The SMILES string of the molecule is C=CCOC(=O)CNC(=O)C(=O)C(N)CCC. The van der Waals surface area contributed by atoms with Crippen LogP contribution in [-0.4, -0.2) is 36.9 Å². The van der Waals surface area contributed by atoms with Crippen molar-refractivity contribution < 1.29 is 19.1 Å². The quantitative estimate of drug-likeness (QED) is 0.340. The first kappa shape index (κ1) is 15.3. The molecule has 96 valence electrons. The van der Waals surface area contributed by atoms with E-state index in [1.54, 1.807) is 0 Å². The Hall–Kier alpha value is -1.69. The van der Waals surface area contributed by atoms with Gasteiger partial charge in [0.1, 0.15) is 13.2 Å². The van der Waals surface area contributed by atoms with E-state index in [1.807, 2.05) is 6.92 Å². The molecule has 0 aromatic rings. The zero-order chi connectivity index (χ0) is 13.3. The van der Waals surface area contributed by atoms with Crippen molar-refractivity contribution in [2.24, 2.45) is 5.73 Å². The Morgan fingerprint density at radius 3 is 2.65 bits per heavy atom. The maximum Gasteiger partial charge on any atom is 0.325 e. The van der Waals surface area contributed by atoms with E-state index in [0.717, 1.165) is 0 Å². The first-order chi connectivity index (χ1) is 8.02. The highest BCUT2D eigenvalue weighted by atomic mass is 16.5. The fraction of sp³-hybridized carbons (Fsp3) is 0.545. The summed E-state index contributed by atoms with van der Waals surface area (Å²) in [7, 11) is 0. The first-order valence-corrected chi connectivity index (χ1v) is 5.37. The number of Topliss-reactive ketones (excluding diaryl/α,β-unsaturated/α-hetero) is 1. The number of rotatable bonds is 8. The Kier molecular flexibility index (Phi) is 7.62. The highest BCUT2D eigenvalue weighted by molar-refractivity contribution is 6.38. The van der Waals surface area contributed by atoms with Gasteiger partial charge in [0.05, 0.1) is 6.04 Å². The maximum atomic E-state index is 11.4. The molecule has 0 aliphatic carbocycles. The number of hydrogen-bond donors (Lipinski definition) is 2. The van der Waals surface area contributed by atoms with Crippen LogP contribution in [0, 0.1) is 0 Å². The van der Waals surface area contributed by atoms with Crippen LogP contribution in [0.4, 0.5) is 0 Å². The lowest BCUT2D eigenvalue weighted by molar-refractivity contribution is -0.144. The van der Waals surface area contributed by atoms with E-state index in [9.17, 15) is 14.4 Å². The number of esters is 1. The van der Waals surface area contributed by atoms with Crippen LogP contribution in [0.25, 0.3) is 0 Å². The molecule has 6 heteroatoms. The van der Waals surface area contributed by atoms with Crippen LogP contribution in [0.5, 0.6) is 0 Å². The van der Waals surface area contributed by atoms with E-state index >= 15 is 0 Å². The van der Waals surface area contributed by atoms with Gasteiger partial charge in [0.25, 0.3) is 5.91 Å². The Morgan fingerprint density at radius 1 is 1.47 bits per heavy atom. The molecular weight excluding hydrogens is 224 g/mol. The number of ether oxygens (including phenoxy) is 1. The molecule has 1 atom stereocenters. The van der Waals surface area contributed by atoms with E-state index in [-0.39, 0.29) is 13.2 Å². The molecule has 0 heterocycles. The molecule has 17 heavy (non-hydrogen) atoms. The van der Waals surface area contributed by atoms with Crippen LogP contribution < -0.4 is 11.1 Å². The summed E-state index contributed by atoms with van der Waals surface area (Å²) in [6, 6.07) is -0.816. The van der Waals surface area contributed by atoms with Gasteiger partial charge in [-0.3, -0.25) is 14.4 Å². The third-order valence-corrected chi connectivity index (χ3v) is 1.92. The zero-order valence-electron chi connectivity index (χ0n) is 9.90. The van der Waals surface area contributed by atoms with E-state index in [1.165, 1.54) is 6.08 Å². The van der Waals surface area contributed by atoms with Gasteiger partial charge in [-0.15, -0.1) is 0 Å². The summed E-state index contributed by atoms with van der Waals surface area (Å²) >= 11 is 0. The van der Waals surface area contributed by atoms with Crippen LogP contribution in [0.2, 0.25) is 0 Å². The predicted octanol–water partition coefficient (Wildman–Crippen LogP) is -0.472. The number of carbonyl (C=O) groups excluding carboxylic acids is 3. The lowest BCUT2D eigenvalue weighted by Gasteiger charge is -2.09. The highest BCUT2D eigenvalue weighted by Crippen LogP contribution is 1.94. The Labute approximate surface area is 100 Å². The maximum absolute atomic E-state index is 11.4. The van der Waals surface area contributed by atoms with E-state index in [0.29, 0.717) is 12.8 Å². The molecule has 1 unspecified atom stereocenters. The summed E-state index contributed by atoms with van der Waals surface area (Å²) in [6.07, 6.45) is 2.55. The topological polar surface area (TPSA) is 98.5 Å². The van der Waals surface area contributed by atoms with Gasteiger partial charge in [-0.1, -0.05) is 26.0 Å². The molecular formula is C11H18N2O4. The molecule has 0 saturated heterocycles. The summed E-state index contributed by atoms with van der Waals surface area (Å²) < 4.78 is 4.62. The average Bonchev–Trinajstić information content (AvgIpc) is 2.32. The molecule has 0 aromatic carbocycles. The first-order valence-electron chi connectivity index (χ1n) is 5.37. The molecule has 0 spiro atoms. The lowest BCUT2D eigenvalue weighted by atomic mass is 10.1. The molecule has 0 saturated carbocycles. The van der Waals surface area contributed by atoms with Gasteiger partial charge < -0.3 is 15.8 Å². The van der Waals surface area contributed by atoms with Gasteiger partial charge in [0, 0.05) is 0 Å². The second kappa shape index (κ2) is 8.46. The van der Waals surface area contributed by atoms with E-state index < -0.39 is 23.7 Å². The third kappa shape index (κ3) is 6.47. The Bertz CT molecular complexity index is 302. The largest absolute Gasteiger partial charge is 0.460 e. The standard InChI is InChI=1S/C11H18N2O4/c1-3-5-8(12)10(15)11(16)13-7-9(14)17-6-4-2/h4,8H,2-3,5-7,12H2,1H3,(H,13,16). The second-order valence-electron chi connectivity index (χ2n) is 3.41. The van der Waals surface area contributed by atoms with Crippen molar-refractivity contribution in [2.75, 3.05) is 13.2 Å². The number of carbonyl (C=O) groups is 3. The van der Waals surface area contributed by atoms with Crippen molar-refractivity contribution in [3.63, 3.8) is 0 Å². The normalized spacial score (nSPS) is 11.4. The molecule has 3 N–H and O–H groups in total. The van der Waals surface area contributed by atoms with Crippen LogP contribution in [0.1, 0.15) is 19.8 Å². The molecule has 0 bridgehead atoms. The predicted molar refractivity (Wildman–Crippen MR) is 62.1 cm³/mol. The molecule has 0 fully saturated rings. The van der Waals surface area contributed by atoms with Crippen LogP contribution >= 0.6 is 0 Å². The van der Waals surface area contributed by atoms with Gasteiger partial charge >= 0.3 is 5.97 Å². The summed E-state index contributed by atoms with van der Waals surface area (Å²) in [5.41, 5.74) is 5.48. The summed E-state index contributed by atoms with van der Waals surface area (Å²) in [4.78, 5) is 33.6. The number of nitrogens with one attached hydrogen (secondary N) is 1. The highest BCUT2D eigenvalue weighted by Gasteiger charge is 2.21. The number of nitrogens with two attached hydrogens (primary N) is 1. The molecule has 1 amide bonds. The fourth-order valence-corrected chi connectivity index (χ4v) is 1.05. The third-order valence-electron chi connectivity index (χ3n) is 1.92. The van der Waals surface area contributed by atoms with E-state index in [2.05, 4.69) is 16.6 Å². The van der Waals surface area contributed by atoms with Crippen molar-refractivity contribution in [1.29, 1.82) is 0 Å². The average molecular weight is 242 g/mol. The molecule has 0 aliphatic heterocycles. The van der Waals surface area contributed by atoms with Gasteiger partial charge in [-0.05, 0) is 6.42 Å². The number of hydrogen-bond acceptors (Lipinski definition) is 5. The van der Waals surface area contributed by atoms with Crippen molar-refractivity contribution in [3.05, 3.63) is 12.7 Å². The van der Waals surface area contributed by atoms with Gasteiger partial charge in [-0.25, -0.2) is 0 Å². The zero-order valence-corrected chi connectivity index (χ0v) is 9.90. The van der Waals surface area contributed by atoms with Gasteiger partial charge in [0.2, 0.25) is 5.78 Å². The Balaban J connectivity index is 3.96. The van der Waals surface area contributed by atoms with Crippen molar-refractivity contribution in [1.82, 2.24) is 5.32 Å². The molecule has 0 aromatic heterocycles. The minimum absolute atomic E-state index is 0.0675. The fourth-order valence-electron chi connectivity index (χ4n) is 1.05. The van der Waals surface area contributed by atoms with Gasteiger partial charge in [-0.2, -0.15) is 0 Å².